The summed E-state index contributed by atoms with van der Waals surface area (Å²) >= 11 is 0. The highest BCUT2D eigenvalue weighted by molar-refractivity contribution is 5.89. The third-order valence-corrected chi connectivity index (χ3v) is 7.54. The van der Waals surface area contributed by atoms with Gasteiger partial charge in [-0.1, -0.05) is 50.3 Å². The monoisotopic (exact) mass is 498 g/mol. The molecule has 0 heterocycles. The van der Waals surface area contributed by atoms with E-state index < -0.39 is 53.1 Å². The Morgan fingerprint density at radius 3 is 2.33 bits per heavy atom. The molecule has 1 aromatic rings. The first-order valence-corrected chi connectivity index (χ1v) is 12.5. The van der Waals surface area contributed by atoms with Gasteiger partial charge in [-0.3, -0.25) is 9.59 Å². The first-order valence-electron chi connectivity index (χ1n) is 12.5. The number of aliphatic hydroxyl groups is 2. The summed E-state index contributed by atoms with van der Waals surface area (Å²) < 4.78 is 11.7. The van der Waals surface area contributed by atoms with E-state index in [0.717, 1.165) is 0 Å². The number of carbonyl (C=O) groups excluding carboxylic acids is 3. The van der Waals surface area contributed by atoms with E-state index in [9.17, 15) is 24.6 Å². The van der Waals surface area contributed by atoms with E-state index in [2.05, 4.69) is 0 Å². The number of rotatable bonds is 3. The van der Waals surface area contributed by atoms with Crippen LogP contribution in [0.25, 0.3) is 0 Å². The van der Waals surface area contributed by atoms with Crippen LogP contribution in [0, 0.1) is 23.2 Å². The van der Waals surface area contributed by atoms with Crippen LogP contribution in [0.2, 0.25) is 0 Å². The van der Waals surface area contributed by atoms with Crippen LogP contribution in [-0.2, 0) is 19.1 Å². The van der Waals surface area contributed by atoms with Gasteiger partial charge < -0.3 is 19.7 Å². The van der Waals surface area contributed by atoms with Gasteiger partial charge in [0.05, 0.1) is 11.7 Å². The molecular weight excluding hydrogens is 460 g/mol. The van der Waals surface area contributed by atoms with E-state index in [-0.39, 0.29) is 24.5 Å². The molecule has 7 heteroatoms. The predicted octanol–water partition coefficient (Wildman–Crippen LogP) is 4.03. The smallest absolute Gasteiger partial charge is 0.338 e. The number of aliphatic hydroxyl groups excluding tert-OH is 1. The molecule has 0 aromatic heterocycles. The molecule has 7 nitrogen and oxygen atoms in total. The Hall–Kier alpha value is -2.77. The SMILES string of the molecule is CC(=O)O[C@@H]1[C@H](C)C=CC(C)(C)C(=O)C[C@@H](O)C(C)=C[C@H]2[C@@H](OC(=O)c3ccccc3)[C@H](C)C[C@]12O. The van der Waals surface area contributed by atoms with E-state index in [1.54, 1.807) is 69.3 Å². The maximum absolute atomic E-state index is 13.0. The molecule has 196 valence electrons. The maximum Gasteiger partial charge on any atom is 0.338 e. The molecule has 1 fully saturated rings. The van der Waals surface area contributed by atoms with Crippen molar-refractivity contribution >= 4 is 17.7 Å². The Morgan fingerprint density at radius 2 is 1.72 bits per heavy atom. The summed E-state index contributed by atoms with van der Waals surface area (Å²) in [4.78, 5) is 38.0. The second-order valence-electron chi connectivity index (χ2n) is 11.0. The lowest BCUT2D eigenvalue weighted by atomic mass is 9.75. The Balaban J connectivity index is 2.11. The molecule has 1 saturated carbocycles. The molecule has 1 aromatic carbocycles. The van der Waals surface area contributed by atoms with Gasteiger partial charge in [-0.2, -0.15) is 0 Å². The number of carbonyl (C=O) groups is 3. The van der Waals surface area contributed by atoms with Crippen molar-refractivity contribution in [3.8, 4) is 0 Å². The largest absolute Gasteiger partial charge is 0.459 e. The molecule has 2 aliphatic rings. The van der Waals surface area contributed by atoms with Gasteiger partial charge in [-0.25, -0.2) is 4.79 Å². The van der Waals surface area contributed by atoms with E-state index in [0.29, 0.717) is 11.1 Å². The summed E-state index contributed by atoms with van der Waals surface area (Å²) in [7, 11) is 0. The van der Waals surface area contributed by atoms with Crippen LogP contribution in [-0.4, -0.2) is 51.8 Å². The number of ether oxygens (including phenoxy) is 2. The molecule has 0 amide bonds. The van der Waals surface area contributed by atoms with Crippen LogP contribution >= 0.6 is 0 Å². The third kappa shape index (κ3) is 5.79. The lowest BCUT2D eigenvalue weighted by molar-refractivity contribution is -0.173. The fraction of sp³-hybridized carbons (Fsp3) is 0.552. The molecule has 0 spiro atoms. The van der Waals surface area contributed by atoms with Crippen LogP contribution in [0.5, 0.6) is 0 Å². The minimum atomic E-state index is -1.58. The second-order valence-corrected chi connectivity index (χ2v) is 11.0. The summed E-state index contributed by atoms with van der Waals surface area (Å²) in [5.41, 5.74) is -1.56. The topological polar surface area (TPSA) is 110 Å². The molecule has 0 bridgehead atoms. The summed E-state index contributed by atoms with van der Waals surface area (Å²) in [6, 6.07) is 8.59. The van der Waals surface area contributed by atoms with Crippen molar-refractivity contribution in [2.75, 3.05) is 0 Å². The minimum Gasteiger partial charge on any atom is -0.459 e. The third-order valence-electron chi connectivity index (χ3n) is 7.54. The summed E-state index contributed by atoms with van der Waals surface area (Å²) in [5, 5.41) is 23.0. The lowest BCUT2D eigenvalue weighted by Crippen LogP contribution is -2.52. The molecular formula is C29H38O7. The number of ketones is 1. The summed E-state index contributed by atoms with van der Waals surface area (Å²) in [5.74, 6) is -2.71. The summed E-state index contributed by atoms with van der Waals surface area (Å²) in [6.07, 6.45) is 2.55. The second kappa shape index (κ2) is 10.7. The van der Waals surface area contributed by atoms with Crippen LogP contribution in [0.4, 0.5) is 0 Å². The lowest BCUT2D eigenvalue weighted by Gasteiger charge is -2.40. The van der Waals surface area contributed by atoms with Crippen molar-refractivity contribution in [3.05, 3.63) is 59.7 Å². The zero-order valence-electron chi connectivity index (χ0n) is 21.9. The van der Waals surface area contributed by atoms with Gasteiger partial charge in [0.1, 0.15) is 23.6 Å². The number of fused-ring (bicyclic) bond motifs is 1. The van der Waals surface area contributed by atoms with E-state index in [1.165, 1.54) is 6.92 Å². The number of esters is 2. The van der Waals surface area contributed by atoms with Crippen molar-refractivity contribution < 1.29 is 34.1 Å². The minimum absolute atomic E-state index is 0.0867. The number of Topliss-reactive ketones (excluding diaryl/α,β-unsaturated/α-hetero) is 1. The van der Waals surface area contributed by atoms with E-state index in [1.807, 2.05) is 13.8 Å². The van der Waals surface area contributed by atoms with E-state index in [4.69, 9.17) is 9.47 Å². The molecule has 0 radical (unpaired) electrons. The zero-order chi connectivity index (χ0) is 26.8. The van der Waals surface area contributed by atoms with Crippen LogP contribution < -0.4 is 0 Å². The number of allylic oxidation sites excluding steroid dienone is 1. The highest BCUT2D eigenvalue weighted by Gasteiger charge is 2.58. The fourth-order valence-electron chi connectivity index (χ4n) is 5.33. The Bertz CT molecular complexity index is 1040. The maximum atomic E-state index is 13.0. The van der Waals surface area contributed by atoms with Gasteiger partial charge >= 0.3 is 11.9 Å². The van der Waals surface area contributed by atoms with Gasteiger partial charge in [0.15, 0.2) is 0 Å². The molecule has 2 N–H and O–H groups in total. The van der Waals surface area contributed by atoms with Gasteiger partial charge in [0.25, 0.3) is 0 Å². The van der Waals surface area contributed by atoms with Gasteiger partial charge in [0, 0.05) is 30.6 Å². The van der Waals surface area contributed by atoms with Crippen LogP contribution in [0.3, 0.4) is 0 Å². The number of hydrogen-bond acceptors (Lipinski definition) is 7. The Morgan fingerprint density at radius 1 is 1.08 bits per heavy atom. The predicted molar refractivity (Wildman–Crippen MR) is 135 cm³/mol. The van der Waals surface area contributed by atoms with Crippen molar-refractivity contribution in [1.29, 1.82) is 0 Å². The number of benzene rings is 1. The molecule has 7 atom stereocenters. The van der Waals surface area contributed by atoms with Crippen molar-refractivity contribution in [2.45, 2.75) is 78.3 Å². The van der Waals surface area contributed by atoms with Crippen molar-refractivity contribution in [1.82, 2.24) is 0 Å². The summed E-state index contributed by atoms with van der Waals surface area (Å²) in [6.45, 7) is 10.2. The molecule has 0 saturated heterocycles. The van der Waals surface area contributed by atoms with Crippen LogP contribution in [0.15, 0.2) is 54.1 Å². The first-order chi connectivity index (χ1) is 16.8. The average molecular weight is 499 g/mol. The van der Waals surface area contributed by atoms with Crippen molar-refractivity contribution in [3.63, 3.8) is 0 Å². The van der Waals surface area contributed by atoms with Gasteiger partial charge in [0.2, 0.25) is 0 Å². The Kier molecular flexibility index (Phi) is 8.26. The van der Waals surface area contributed by atoms with Gasteiger partial charge in [-0.15, -0.1) is 0 Å². The molecule has 0 unspecified atom stereocenters. The fourth-order valence-corrected chi connectivity index (χ4v) is 5.33. The number of hydrogen-bond donors (Lipinski definition) is 2. The average Bonchev–Trinajstić information content (AvgIpc) is 3.05. The molecule has 2 aliphatic carbocycles. The van der Waals surface area contributed by atoms with Gasteiger partial charge in [-0.05, 0) is 50.8 Å². The standard InChI is InChI=1S/C29H38O7/c1-17-12-13-28(5,6)24(32)15-23(31)18(2)14-22-25(36-27(33)21-10-8-7-9-11-21)19(3)16-29(22,34)26(17)35-20(4)30/h7-14,17,19,22-23,25-26,31,34H,15-16H2,1-6H3/t17-,19-,22+,23-,25+,26-,29-/m1/s1. The normalized spacial score (nSPS) is 34.6. The Labute approximate surface area is 213 Å². The molecule has 3 rings (SSSR count). The van der Waals surface area contributed by atoms with Crippen LogP contribution in [0.1, 0.15) is 64.7 Å². The zero-order valence-corrected chi connectivity index (χ0v) is 21.9. The van der Waals surface area contributed by atoms with E-state index >= 15 is 0 Å². The highest BCUT2D eigenvalue weighted by atomic mass is 16.6. The molecule has 0 aliphatic heterocycles. The molecule has 36 heavy (non-hydrogen) atoms. The van der Waals surface area contributed by atoms with Crippen molar-refractivity contribution in [2.24, 2.45) is 23.2 Å². The quantitative estimate of drug-likeness (QED) is 0.478. The first kappa shape index (κ1) is 27.8. The highest BCUT2D eigenvalue weighted by Crippen LogP contribution is 2.48.